The smallest absolute Gasteiger partial charge is 0.336 e. The molecule has 0 aromatic rings. The standard InChI is InChI=1S/C26H42O6Si/c1-23(2,3)33(6,7)32-18-14-30-22(29)17(18)8-9-20-24(4)12-11-21(28)25(5,15-27)19(24)10-13-26(20)16-31-26/h8,18-20,27H,9-16H2,1-7H3/b17-8+/t18-,19+,20+,24-,25+,26+/m1/s1. The molecule has 0 bridgehead atoms. The monoisotopic (exact) mass is 478 g/mol. The summed E-state index contributed by atoms with van der Waals surface area (Å²) in [5.41, 5.74) is -0.361. The molecular weight excluding hydrogens is 436 g/mol. The maximum atomic E-state index is 12.8. The third-order valence-corrected chi connectivity index (χ3v) is 14.5. The zero-order valence-corrected chi connectivity index (χ0v) is 22.5. The number of allylic oxidation sites excluding steroid dienone is 1. The molecule has 4 fully saturated rings. The van der Waals surface area contributed by atoms with Crippen LogP contribution in [0.15, 0.2) is 11.6 Å². The van der Waals surface area contributed by atoms with Gasteiger partial charge in [0.05, 0.1) is 29.8 Å². The number of carbonyl (C=O) groups excluding carboxylic acids is 2. The minimum absolute atomic E-state index is 0.0448. The highest BCUT2D eigenvalue weighted by atomic mass is 28.4. The van der Waals surface area contributed by atoms with Crippen molar-refractivity contribution < 1.29 is 28.6 Å². The first kappa shape index (κ1) is 25.1. The topological polar surface area (TPSA) is 85.4 Å². The van der Waals surface area contributed by atoms with Crippen molar-refractivity contribution in [2.24, 2.45) is 22.7 Å². The van der Waals surface area contributed by atoms with Gasteiger partial charge in [-0.1, -0.05) is 40.7 Å². The van der Waals surface area contributed by atoms with Gasteiger partial charge in [-0.05, 0) is 61.1 Å². The van der Waals surface area contributed by atoms with Crippen molar-refractivity contribution in [3.63, 3.8) is 0 Å². The van der Waals surface area contributed by atoms with Crippen LogP contribution in [0.3, 0.4) is 0 Å². The molecule has 2 heterocycles. The predicted molar refractivity (Wildman–Crippen MR) is 128 cm³/mol. The number of aliphatic hydroxyl groups is 1. The molecule has 2 saturated carbocycles. The summed E-state index contributed by atoms with van der Waals surface area (Å²) >= 11 is 0. The first-order valence-corrected chi connectivity index (χ1v) is 15.4. The second-order valence-corrected chi connectivity index (χ2v) is 17.6. The first-order chi connectivity index (χ1) is 15.2. The summed E-state index contributed by atoms with van der Waals surface area (Å²) in [6.07, 6.45) is 5.51. The molecule has 4 aliphatic rings. The molecular formula is C26H42O6Si. The van der Waals surface area contributed by atoms with Gasteiger partial charge in [-0.15, -0.1) is 0 Å². The number of hydrogen-bond acceptors (Lipinski definition) is 6. The zero-order chi connectivity index (χ0) is 24.4. The van der Waals surface area contributed by atoms with Crippen molar-refractivity contribution in [3.05, 3.63) is 11.6 Å². The molecule has 0 aromatic carbocycles. The van der Waals surface area contributed by atoms with Crippen molar-refractivity contribution in [1.82, 2.24) is 0 Å². The van der Waals surface area contributed by atoms with Crippen molar-refractivity contribution >= 4 is 20.1 Å². The normalized spacial score (nSPS) is 42.5. The van der Waals surface area contributed by atoms with E-state index >= 15 is 0 Å². The molecule has 0 amide bonds. The largest absolute Gasteiger partial charge is 0.459 e. The van der Waals surface area contributed by atoms with Crippen LogP contribution in [0.1, 0.15) is 66.7 Å². The summed E-state index contributed by atoms with van der Waals surface area (Å²) < 4.78 is 18.1. The maximum absolute atomic E-state index is 12.8. The Hall–Kier alpha value is -1.02. The third-order valence-electron chi connectivity index (χ3n) is 9.99. The number of hydrogen-bond donors (Lipinski definition) is 1. The number of aliphatic hydroxyl groups excluding tert-OH is 1. The van der Waals surface area contributed by atoms with E-state index < -0.39 is 13.7 Å². The number of epoxide rings is 1. The SMILES string of the molecule is CC(C)(C)[Si](C)(C)O[C@@H]1COC(=O)/C1=C/C[C@@H]1[C@]2(CC[C@H]3[C@@]1(C)CCC(=O)[C@@]3(C)CO)CO2. The molecule has 4 rings (SSSR count). The summed E-state index contributed by atoms with van der Waals surface area (Å²) in [5.74, 6) is 0.210. The minimum atomic E-state index is -2.06. The number of esters is 1. The highest BCUT2D eigenvalue weighted by molar-refractivity contribution is 6.74. The number of fused-ring (bicyclic) bond motifs is 1. The van der Waals surface area contributed by atoms with Crippen LogP contribution in [0, 0.1) is 22.7 Å². The molecule has 6 nitrogen and oxygen atoms in total. The molecule has 7 heteroatoms. The summed E-state index contributed by atoms with van der Waals surface area (Å²) in [5, 5.41) is 10.3. The molecule has 0 radical (unpaired) electrons. The number of rotatable bonds is 5. The number of carbonyl (C=O) groups is 2. The van der Waals surface area contributed by atoms with Gasteiger partial charge in [-0.3, -0.25) is 4.79 Å². The Morgan fingerprint density at radius 1 is 1.21 bits per heavy atom. The molecule has 2 saturated heterocycles. The lowest BCUT2D eigenvalue weighted by atomic mass is 9.45. The number of Topliss-reactive ketones (excluding diaryl/α,β-unsaturated/α-hetero) is 1. The molecule has 2 aliphatic carbocycles. The van der Waals surface area contributed by atoms with Gasteiger partial charge in [-0.2, -0.15) is 0 Å². The van der Waals surface area contributed by atoms with Crippen LogP contribution in [0.25, 0.3) is 0 Å². The molecule has 0 aromatic heterocycles. The van der Waals surface area contributed by atoms with E-state index in [2.05, 4.69) is 40.8 Å². The van der Waals surface area contributed by atoms with Gasteiger partial charge in [-0.25, -0.2) is 4.79 Å². The Morgan fingerprint density at radius 2 is 1.88 bits per heavy atom. The van der Waals surface area contributed by atoms with E-state index in [-0.39, 0.29) is 59.0 Å². The van der Waals surface area contributed by atoms with Crippen LogP contribution < -0.4 is 0 Å². The van der Waals surface area contributed by atoms with E-state index in [4.69, 9.17) is 13.9 Å². The average Bonchev–Trinajstić information content (AvgIpc) is 3.41. The Morgan fingerprint density at radius 3 is 2.45 bits per heavy atom. The fourth-order valence-corrected chi connectivity index (χ4v) is 7.92. The van der Waals surface area contributed by atoms with E-state index in [1.807, 2.05) is 13.0 Å². The van der Waals surface area contributed by atoms with E-state index in [0.29, 0.717) is 18.4 Å². The minimum Gasteiger partial charge on any atom is -0.459 e. The Balaban J connectivity index is 1.61. The maximum Gasteiger partial charge on any atom is 0.336 e. The Bertz CT molecular complexity index is 853. The van der Waals surface area contributed by atoms with E-state index in [9.17, 15) is 14.7 Å². The summed E-state index contributed by atoms with van der Waals surface area (Å²) in [4.78, 5) is 25.5. The van der Waals surface area contributed by atoms with Gasteiger partial charge in [0, 0.05) is 6.42 Å². The van der Waals surface area contributed by atoms with Crippen LogP contribution in [-0.2, 0) is 23.5 Å². The molecule has 2 aliphatic heterocycles. The predicted octanol–water partition coefficient (Wildman–Crippen LogP) is 4.41. The van der Waals surface area contributed by atoms with Gasteiger partial charge >= 0.3 is 5.97 Å². The number of ether oxygens (including phenoxy) is 2. The first-order valence-electron chi connectivity index (χ1n) is 12.5. The van der Waals surface area contributed by atoms with Crippen molar-refractivity contribution in [2.45, 2.75) is 96.6 Å². The Kier molecular flexibility index (Phi) is 6.08. The Labute approximate surface area is 199 Å². The van der Waals surface area contributed by atoms with E-state index in [1.54, 1.807) is 0 Å². The van der Waals surface area contributed by atoms with Gasteiger partial charge < -0.3 is 19.0 Å². The second kappa shape index (κ2) is 8.00. The van der Waals surface area contributed by atoms with Crippen LogP contribution in [0.2, 0.25) is 18.1 Å². The third kappa shape index (κ3) is 3.97. The van der Waals surface area contributed by atoms with Crippen molar-refractivity contribution in [2.75, 3.05) is 19.8 Å². The lowest BCUT2D eigenvalue weighted by molar-refractivity contribution is -0.160. The van der Waals surface area contributed by atoms with Crippen LogP contribution in [-0.4, -0.2) is 56.7 Å². The van der Waals surface area contributed by atoms with Crippen LogP contribution >= 0.6 is 0 Å². The van der Waals surface area contributed by atoms with E-state index in [1.165, 1.54) is 0 Å². The highest BCUT2D eigenvalue weighted by Crippen LogP contribution is 2.65. The fraction of sp³-hybridized carbons (Fsp3) is 0.846. The highest BCUT2D eigenvalue weighted by Gasteiger charge is 2.67. The molecule has 33 heavy (non-hydrogen) atoms. The molecule has 1 N–H and O–H groups in total. The summed E-state index contributed by atoms with van der Waals surface area (Å²) in [6, 6.07) is 0. The summed E-state index contributed by atoms with van der Waals surface area (Å²) in [7, 11) is -2.06. The average molecular weight is 479 g/mol. The van der Waals surface area contributed by atoms with Gasteiger partial charge in [0.2, 0.25) is 0 Å². The lowest BCUT2D eigenvalue weighted by Crippen LogP contribution is -2.59. The van der Waals surface area contributed by atoms with E-state index in [0.717, 1.165) is 25.9 Å². The number of cyclic esters (lactones) is 1. The van der Waals surface area contributed by atoms with Crippen LogP contribution in [0.5, 0.6) is 0 Å². The number of ketones is 1. The summed E-state index contributed by atoms with van der Waals surface area (Å²) in [6.45, 7) is 16.1. The second-order valence-electron chi connectivity index (χ2n) is 12.9. The molecule has 1 spiro atoms. The van der Waals surface area contributed by atoms with Gasteiger partial charge in [0.25, 0.3) is 0 Å². The van der Waals surface area contributed by atoms with Crippen molar-refractivity contribution in [3.8, 4) is 0 Å². The lowest BCUT2D eigenvalue weighted by Gasteiger charge is -2.58. The molecule has 6 atom stereocenters. The fourth-order valence-electron chi connectivity index (χ4n) is 6.66. The molecule has 0 unspecified atom stereocenters. The van der Waals surface area contributed by atoms with Gasteiger partial charge in [0.15, 0.2) is 8.32 Å². The van der Waals surface area contributed by atoms with Gasteiger partial charge in [0.1, 0.15) is 18.5 Å². The zero-order valence-electron chi connectivity index (χ0n) is 21.5. The molecule has 186 valence electrons. The quantitative estimate of drug-likeness (QED) is 0.273. The van der Waals surface area contributed by atoms with Crippen LogP contribution in [0.4, 0.5) is 0 Å². The van der Waals surface area contributed by atoms with Crippen molar-refractivity contribution in [1.29, 1.82) is 0 Å².